The van der Waals surface area contributed by atoms with Gasteiger partial charge in [0.1, 0.15) is 24.0 Å². The van der Waals surface area contributed by atoms with Crippen LogP contribution in [0.5, 0.6) is 0 Å². The quantitative estimate of drug-likeness (QED) is 0.292. The van der Waals surface area contributed by atoms with Crippen molar-refractivity contribution in [3.05, 3.63) is 38.4 Å². The average Bonchev–Trinajstić information content (AvgIpc) is 3.15. The fourth-order valence-corrected chi connectivity index (χ4v) is 2.86. The topological polar surface area (TPSA) is 159 Å². The normalized spacial score (nSPS) is 29.8. The molecule has 0 radical (unpaired) electrons. The summed E-state index contributed by atoms with van der Waals surface area (Å²) in [5, 5.41) is 35.8. The van der Waals surface area contributed by atoms with Crippen molar-refractivity contribution in [1.82, 2.24) is 0 Å². The fourth-order valence-electron chi connectivity index (χ4n) is 2.55. The Morgan fingerprint density at radius 1 is 1.18 bits per heavy atom. The van der Waals surface area contributed by atoms with E-state index in [1.165, 1.54) is 0 Å². The number of hydrazone groups is 1. The zero-order valence-corrected chi connectivity index (χ0v) is 15.7. The Balaban J connectivity index is 1.65. The van der Waals surface area contributed by atoms with Gasteiger partial charge in [0.2, 0.25) is 10.1 Å². The second kappa shape index (κ2) is 7.91. The molecule has 2 aliphatic rings. The second-order valence-electron chi connectivity index (χ2n) is 5.68. The van der Waals surface area contributed by atoms with Crippen molar-refractivity contribution in [2.24, 2.45) is 5.10 Å². The van der Waals surface area contributed by atoms with E-state index in [9.17, 15) is 25.3 Å². The number of rotatable bonds is 5. The third kappa shape index (κ3) is 4.27. The standard InChI is InChI=1S/C13H11Cl3N4O8/c14-13(15,16)12-27-10-9(21)8(26-11(10)28-12)4-17-18-6-2-1-5(19(22)23)3-7(6)20(24)25/h1-4,8-12,18,21H/b17-4-/t8?,9?,10?,11?,12-/m0/s1. The van der Waals surface area contributed by atoms with Gasteiger partial charge in [0, 0.05) is 6.07 Å². The second-order valence-corrected chi connectivity index (χ2v) is 8.04. The maximum absolute atomic E-state index is 11.1. The summed E-state index contributed by atoms with van der Waals surface area (Å²) < 4.78 is 14.1. The Labute approximate surface area is 171 Å². The minimum absolute atomic E-state index is 0.0942. The lowest BCUT2D eigenvalue weighted by atomic mass is 10.1. The van der Waals surface area contributed by atoms with Gasteiger partial charge in [-0.15, -0.1) is 0 Å². The third-order valence-corrected chi connectivity index (χ3v) is 4.37. The first-order valence-corrected chi connectivity index (χ1v) is 8.64. The maximum Gasteiger partial charge on any atom is 0.301 e. The molecule has 2 fully saturated rings. The smallest absolute Gasteiger partial charge is 0.301 e. The van der Waals surface area contributed by atoms with Crippen molar-refractivity contribution in [3.63, 3.8) is 0 Å². The number of nitro benzene ring substituents is 2. The van der Waals surface area contributed by atoms with Gasteiger partial charge in [-0.25, -0.2) is 0 Å². The number of ether oxygens (including phenoxy) is 3. The van der Waals surface area contributed by atoms with Gasteiger partial charge in [-0.2, -0.15) is 5.10 Å². The van der Waals surface area contributed by atoms with E-state index in [1.807, 2.05) is 0 Å². The number of anilines is 1. The first-order chi connectivity index (χ1) is 13.1. The number of non-ortho nitro benzene ring substituents is 1. The number of nitro groups is 2. The van der Waals surface area contributed by atoms with Gasteiger partial charge in [0.25, 0.3) is 5.69 Å². The molecule has 2 saturated heterocycles. The Morgan fingerprint density at radius 2 is 1.89 bits per heavy atom. The van der Waals surface area contributed by atoms with Crippen LogP contribution in [0.2, 0.25) is 0 Å². The van der Waals surface area contributed by atoms with Crippen molar-refractivity contribution in [2.75, 3.05) is 5.43 Å². The van der Waals surface area contributed by atoms with Gasteiger partial charge < -0.3 is 19.3 Å². The van der Waals surface area contributed by atoms with Crippen LogP contribution in [0, 0.1) is 20.2 Å². The summed E-state index contributed by atoms with van der Waals surface area (Å²) in [6, 6.07) is 3.00. The highest BCUT2D eigenvalue weighted by Crippen LogP contribution is 2.42. The van der Waals surface area contributed by atoms with Gasteiger partial charge in [-0.1, -0.05) is 34.8 Å². The molecule has 5 atom stereocenters. The molecule has 152 valence electrons. The molecule has 1 aromatic carbocycles. The first kappa shape index (κ1) is 20.9. The van der Waals surface area contributed by atoms with Crippen molar-refractivity contribution in [3.8, 4) is 0 Å². The van der Waals surface area contributed by atoms with Gasteiger partial charge in [0.05, 0.1) is 22.1 Å². The molecule has 4 unspecified atom stereocenters. The molecular weight excluding hydrogens is 447 g/mol. The number of halogens is 3. The summed E-state index contributed by atoms with van der Waals surface area (Å²) in [5.74, 6) is 0. The van der Waals surface area contributed by atoms with Crippen LogP contribution in [-0.2, 0) is 14.2 Å². The lowest BCUT2D eigenvalue weighted by molar-refractivity contribution is -0.393. The third-order valence-electron chi connectivity index (χ3n) is 3.83. The number of nitrogens with one attached hydrogen (secondary N) is 1. The first-order valence-electron chi connectivity index (χ1n) is 7.51. The number of aliphatic hydroxyl groups is 1. The average molecular weight is 458 g/mol. The predicted molar refractivity (Wildman–Crippen MR) is 96.6 cm³/mol. The molecule has 0 saturated carbocycles. The van der Waals surface area contributed by atoms with Crippen molar-refractivity contribution < 1.29 is 29.2 Å². The number of hydrogen-bond acceptors (Lipinski definition) is 10. The number of nitrogens with zero attached hydrogens (tertiary/aromatic N) is 3. The summed E-state index contributed by atoms with van der Waals surface area (Å²) in [5.41, 5.74) is 1.29. The number of hydrogen-bond donors (Lipinski definition) is 2. The van der Waals surface area contributed by atoms with Gasteiger partial charge in [0.15, 0.2) is 6.29 Å². The van der Waals surface area contributed by atoms with Gasteiger partial charge in [-0.05, 0) is 6.07 Å². The van der Waals surface area contributed by atoms with Crippen LogP contribution in [-0.4, -0.2) is 55.9 Å². The van der Waals surface area contributed by atoms with Crippen molar-refractivity contribution >= 4 is 58.1 Å². The molecule has 2 N–H and O–H groups in total. The van der Waals surface area contributed by atoms with E-state index >= 15 is 0 Å². The molecule has 0 aromatic heterocycles. The molecule has 12 nitrogen and oxygen atoms in total. The fraction of sp³-hybridized carbons (Fsp3) is 0.462. The summed E-state index contributed by atoms with van der Waals surface area (Å²) in [4.78, 5) is 20.3. The molecule has 2 aliphatic heterocycles. The Bertz CT molecular complexity index is 819. The van der Waals surface area contributed by atoms with Crippen LogP contribution in [0.4, 0.5) is 17.1 Å². The zero-order valence-electron chi connectivity index (χ0n) is 13.5. The van der Waals surface area contributed by atoms with Crippen LogP contribution in [0.15, 0.2) is 23.3 Å². The van der Waals surface area contributed by atoms with Crippen LogP contribution < -0.4 is 5.43 Å². The summed E-state index contributed by atoms with van der Waals surface area (Å²) in [6.45, 7) is 0. The van der Waals surface area contributed by atoms with Crippen LogP contribution >= 0.6 is 34.8 Å². The van der Waals surface area contributed by atoms with Crippen molar-refractivity contribution in [1.29, 1.82) is 0 Å². The summed E-state index contributed by atoms with van der Waals surface area (Å²) in [7, 11) is 0. The molecule has 2 heterocycles. The SMILES string of the molecule is O=[N+]([O-])c1ccc(N/N=C\C2OC3O[C@@H](C(Cl)(Cl)Cl)OC3C2O)c([N+](=O)[O-])c1. The Kier molecular flexibility index (Phi) is 5.91. The summed E-state index contributed by atoms with van der Waals surface area (Å²) in [6.07, 6.45) is -4.20. The van der Waals surface area contributed by atoms with Crippen LogP contribution in [0.1, 0.15) is 0 Å². The highest BCUT2D eigenvalue weighted by atomic mass is 35.6. The van der Waals surface area contributed by atoms with Crippen LogP contribution in [0.25, 0.3) is 0 Å². The lowest BCUT2D eigenvalue weighted by Crippen LogP contribution is -2.35. The van der Waals surface area contributed by atoms with Crippen molar-refractivity contribution in [2.45, 2.75) is 34.7 Å². The van der Waals surface area contributed by atoms with E-state index in [4.69, 9.17) is 49.0 Å². The molecular formula is C13H11Cl3N4O8. The highest BCUT2D eigenvalue weighted by molar-refractivity contribution is 6.67. The highest BCUT2D eigenvalue weighted by Gasteiger charge is 2.55. The molecule has 15 heteroatoms. The van der Waals surface area contributed by atoms with E-state index in [-0.39, 0.29) is 5.69 Å². The van der Waals surface area contributed by atoms with E-state index in [1.54, 1.807) is 0 Å². The van der Waals surface area contributed by atoms with E-state index in [0.717, 1.165) is 24.4 Å². The minimum Gasteiger partial charge on any atom is -0.387 e. The zero-order chi connectivity index (χ0) is 20.6. The minimum atomic E-state index is -1.87. The molecule has 0 bridgehead atoms. The monoisotopic (exact) mass is 456 g/mol. The number of fused-ring (bicyclic) bond motifs is 1. The largest absolute Gasteiger partial charge is 0.387 e. The van der Waals surface area contributed by atoms with Gasteiger partial charge >= 0.3 is 5.69 Å². The lowest BCUT2D eigenvalue weighted by Gasteiger charge is -2.21. The maximum atomic E-state index is 11.1. The Hall–Kier alpha value is -1.80. The van der Waals surface area contributed by atoms with Gasteiger partial charge in [-0.3, -0.25) is 25.7 Å². The van der Waals surface area contributed by atoms with Crippen LogP contribution in [0.3, 0.4) is 0 Å². The molecule has 0 spiro atoms. The molecule has 1 aromatic rings. The number of alkyl halides is 3. The van der Waals surface area contributed by atoms with E-state index < -0.39 is 55.9 Å². The number of aliphatic hydroxyl groups excluding tert-OH is 1. The molecule has 3 rings (SSSR count). The predicted octanol–water partition coefficient (Wildman–Crippen LogP) is 2.10. The Morgan fingerprint density at radius 3 is 2.46 bits per heavy atom. The van der Waals surface area contributed by atoms with E-state index in [0.29, 0.717) is 0 Å². The molecule has 28 heavy (non-hydrogen) atoms. The summed E-state index contributed by atoms with van der Waals surface area (Å²) >= 11 is 17.0. The molecule has 0 amide bonds. The molecule has 0 aliphatic carbocycles. The number of benzene rings is 1. The van der Waals surface area contributed by atoms with E-state index in [2.05, 4.69) is 10.5 Å².